The lowest BCUT2D eigenvalue weighted by molar-refractivity contribution is -0.00249. The maximum Gasteiger partial charge on any atom is 0.110 e. The van der Waals surface area contributed by atoms with E-state index in [1.165, 1.54) is 5.56 Å². The van der Waals surface area contributed by atoms with Crippen LogP contribution in [-0.2, 0) is 4.74 Å². The van der Waals surface area contributed by atoms with Crippen LogP contribution in [0, 0.1) is 6.92 Å². The predicted molar refractivity (Wildman–Crippen MR) is 63.4 cm³/mol. The summed E-state index contributed by atoms with van der Waals surface area (Å²) in [5.41, 5.74) is 1.17. The van der Waals surface area contributed by atoms with Gasteiger partial charge in [-0.3, -0.25) is 0 Å². The molecule has 2 N–H and O–H groups in total. The van der Waals surface area contributed by atoms with Gasteiger partial charge in [0.05, 0.1) is 12.7 Å². The molecule has 16 heavy (non-hydrogen) atoms. The fourth-order valence-corrected chi connectivity index (χ4v) is 2.79. The van der Waals surface area contributed by atoms with Crippen LogP contribution in [0.3, 0.4) is 0 Å². The van der Waals surface area contributed by atoms with Crippen LogP contribution in [0.1, 0.15) is 12.0 Å². The molecule has 3 atom stereocenters. The molecule has 88 valence electrons. The van der Waals surface area contributed by atoms with Crippen LogP contribution in [-0.4, -0.2) is 34.5 Å². The van der Waals surface area contributed by atoms with Gasteiger partial charge in [0.25, 0.3) is 0 Å². The van der Waals surface area contributed by atoms with E-state index in [0.29, 0.717) is 6.42 Å². The van der Waals surface area contributed by atoms with Crippen LogP contribution in [0.25, 0.3) is 0 Å². The van der Waals surface area contributed by atoms with Crippen molar-refractivity contribution in [3.05, 3.63) is 29.8 Å². The lowest BCUT2D eigenvalue weighted by Gasteiger charge is -2.11. The van der Waals surface area contributed by atoms with E-state index in [9.17, 15) is 5.11 Å². The molecule has 0 spiro atoms. The van der Waals surface area contributed by atoms with Crippen molar-refractivity contribution in [2.45, 2.75) is 35.9 Å². The Kier molecular flexibility index (Phi) is 3.86. The number of aryl methyl sites for hydroxylation is 1. The molecule has 1 saturated heterocycles. The number of aliphatic hydroxyl groups excluding tert-OH is 2. The lowest BCUT2D eigenvalue weighted by Crippen LogP contribution is -2.24. The van der Waals surface area contributed by atoms with Gasteiger partial charge in [-0.05, 0) is 19.1 Å². The highest BCUT2D eigenvalue weighted by Gasteiger charge is 2.33. The highest BCUT2D eigenvalue weighted by Crippen LogP contribution is 2.33. The van der Waals surface area contributed by atoms with Crippen LogP contribution in [0.4, 0.5) is 0 Å². The first-order chi connectivity index (χ1) is 7.69. The molecular weight excluding hydrogens is 224 g/mol. The number of rotatable bonds is 3. The molecule has 0 unspecified atom stereocenters. The summed E-state index contributed by atoms with van der Waals surface area (Å²) in [6.07, 6.45) is -0.403. The molecule has 0 bridgehead atoms. The van der Waals surface area contributed by atoms with Crippen molar-refractivity contribution in [2.24, 2.45) is 0 Å². The maximum absolute atomic E-state index is 9.58. The van der Waals surface area contributed by atoms with Crippen molar-refractivity contribution < 1.29 is 14.9 Å². The third-order valence-electron chi connectivity index (χ3n) is 2.66. The van der Waals surface area contributed by atoms with Crippen molar-refractivity contribution in [2.75, 3.05) is 6.61 Å². The van der Waals surface area contributed by atoms with Gasteiger partial charge in [-0.25, -0.2) is 0 Å². The van der Waals surface area contributed by atoms with Gasteiger partial charge in [0.15, 0.2) is 0 Å². The van der Waals surface area contributed by atoms with Gasteiger partial charge in [0.1, 0.15) is 11.5 Å². The molecule has 0 aromatic heterocycles. The monoisotopic (exact) mass is 240 g/mol. The highest BCUT2D eigenvalue weighted by molar-refractivity contribution is 7.99. The van der Waals surface area contributed by atoms with Gasteiger partial charge < -0.3 is 14.9 Å². The van der Waals surface area contributed by atoms with Crippen LogP contribution in [0.5, 0.6) is 0 Å². The summed E-state index contributed by atoms with van der Waals surface area (Å²) in [5.74, 6) is 0. The molecule has 1 aromatic rings. The smallest absolute Gasteiger partial charge is 0.110 e. The van der Waals surface area contributed by atoms with Crippen molar-refractivity contribution >= 4 is 11.8 Å². The average Bonchev–Trinajstić information content (AvgIpc) is 2.62. The Balaban J connectivity index is 1.94. The summed E-state index contributed by atoms with van der Waals surface area (Å²) in [5, 5.41) is 18.5. The number of ether oxygens (including phenoxy) is 1. The second-order valence-corrected chi connectivity index (χ2v) is 5.25. The first-order valence-electron chi connectivity index (χ1n) is 5.37. The fraction of sp³-hybridized carbons (Fsp3) is 0.500. The molecule has 0 aliphatic carbocycles. The second kappa shape index (κ2) is 5.19. The number of aliphatic hydroxyl groups is 2. The van der Waals surface area contributed by atoms with E-state index in [1.807, 2.05) is 19.1 Å². The van der Waals surface area contributed by atoms with Gasteiger partial charge in [0.2, 0.25) is 0 Å². The lowest BCUT2D eigenvalue weighted by atomic mass is 10.2. The molecule has 0 saturated carbocycles. The molecule has 4 heteroatoms. The zero-order valence-electron chi connectivity index (χ0n) is 9.17. The molecule has 1 aliphatic rings. The zero-order chi connectivity index (χ0) is 11.5. The van der Waals surface area contributed by atoms with E-state index in [0.717, 1.165) is 4.90 Å². The Hall–Kier alpha value is -0.550. The van der Waals surface area contributed by atoms with Crippen molar-refractivity contribution in [3.8, 4) is 0 Å². The fourth-order valence-electron chi connectivity index (χ4n) is 1.70. The number of thioether (sulfide) groups is 1. The van der Waals surface area contributed by atoms with Crippen molar-refractivity contribution in [1.82, 2.24) is 0 Å². The molecular formula is C12H16O3S. The first kappa shape index (κ1) is 11.9. The van der Waals surface area contributed by atoms with E-state index < -0.39 is 12.2 Å². The van der Waals surface area contributed by atoms with Gasteiger partial charge in [-0.1, -0.05) is 29.5 Å². The van der Waals surface area contributed by atoms with Crippen LogP contribution >= 0.6 is 11.8 Å². The Labute approximate surface area is 99.4 Å². The minimum atomic E-state index is -0.548. The number of benzene rings is 1. The number of hydrogen-bond donors (Lipinski definition) is 2. The summed E-state index contributed by atoms with van der Waals surface area (Å²) in [7, 11) is 0. The second-order valence-electron chi connectivity index (χ2n) is 4.02. The molecule has 0 radical (unpaired) electrons. The zero-order valence-corrected chi connectivity index (χ0v) is 9.98. The molecule has 1 fully saturated rings. The van der Waals surface area contributed by atoms with Gasteiger partial charge in [-0.2, -0.15) is 0 Å². The summed E-state index contributed by atoms with van der Waals surface area (Å²) in [4.78, 5) is 1.13. The van der Waals surface area contributed by atoms with Crippen LogP contribution < -0.4 is 0 Å². The van der Waals surface area contributed by atoms with E-state index in [1.54, 1.807) is 11.8 Å². The number of hydrogen-bond acceptors (Lipinski definition) is 4. The third kappa shape index (κ3) is 2.77. The van der Waals surface area contributed by atoms with E-state index in [-0.39, 0.29) is 12.0 Å². The molecule has 3 nitrogen and oxygen atoms in total. The highest BCUT2D eigenvalue weighted by atomic mass is 32.2. The standard InChI is InChI=1S/C12H16O3S/c1-8-2-4-9(5-3-8)16-12-6-10(14)11(7-13)15-12/h2-5,10-14H,6-7H2,1H3/t10-,11+,12-/m0/s1. The Bertz CT molecular complexity index is 339. The topological polar surface area (TPSA) is 49.7 Å². The Morgan fingerprint density at radius 2 is 2.06 bits per heavy atom. The minimum absolute atomic E-state index is 0.0603. The first-order valence-corrected chi connectivity index (χ1v) is 6.24. The summed E-state index contributed by atoms with van der Waals surface area (Å²) >= 11 is 1.59. The van der Waals surface area contributed by atoms with Crippen molar-refractivity contribution in [3.63, 3.8) is 0 Å². The third-order valence-corrected chi connectivity index (χ3v) is 3.77. The molecule has 1 aromatic carbocycles. The van der Waals surface area contributed by atoms with E-state index >= 15 is 0 Å². The largest absolute Gasteiger partial charge is 0.394 e. The Morgan fingerprint density at radius 1 is 1.38 bits per heavy atom. The minimum Gasteiger partial charge on any atom is -0.394 e. The molecule has 0 amide bonds. The van der Waals surface area contributed by atoms with Gasteiger partial charge in [-0.15, -0.1) is 0 Å². The predicted octanol–water partition coefficient (Wildman–Crippen LogP) is 1.56. The van der Waals surface area contributed by atoms with Crippen molar-refractivity contribution in [1.29, 1.82) is 0 Å². The summed E-state index contributed by atoms with van der Waals surface area (Å²) < 4.78 is 5.52. The SMILES string of the molecule is Cc1ccc(S[C@H]2C[C@H](O)[C@@H](CO)O2)cc1. The summed E-state index contributed by atoms with van der Waals surface area (Å²) in [6, 6.07) is 8.19. The molecule has 2 rings (SSSR count). The molecule has 1 aliphatic heterocycles. The Morgan fingerprint density at radius 3 is 2.62 bits per heavy atom. The van der Waals surface area contributed by atoms with E-state index in [4.69, 9.17) is 9.84 Å². The summed E-state index contributed by atoms with van der Waals surface area (Å²) in [6.45, 7) is 1.93. The maximum atomic E-state index is 9.58. The van der Waals surface area contributed by atoms with Gasteiger partial charge in [0, 0.05) is 11.3 Å². The van der Waals surface area contributed by atoms with Crippen LogP contribution in [0.15, 0.2) is 29.2 Å². The normalized spacial score (nSPS) is 29.6. The van der Waals surface area contributed by atoms with Gasteiger partial charge >= 0.3 is 0 Å². The quantitative estimate of drug-likeness (QED) is 0.841. The average molecular weight is 240 g/mol. The molecule has 1 heterocycles. The van der Waals surface area contributed by atoms with Crippen LogP contribution in [0.2, 0.25) is 0 Å². The van der Waals surface area contributed by atoms with E-state index in [2.05, 4.69) is 12.1 Å².